The molecule has 0 unspecified atom stereocenters. The predicted molar refractivity (Wildman–Crippen MR) is 81.8 cm³/mol. The van der Waals surface area contributed by atoms with E-state index in [9.17, 15) is 9.59 Å². The van der Waals surface area contributed by atoms with E-state index < -0.39 is 5.91 Å². The molecule has 2 aromatic heterocycles. The Hall–Kier alpha value is -2.82. The van der Waals surface area contributed by atoms with Crippen LogP contribution in [0.25, 0.3) is 16.7 Å². The van der Waals surface area contributed by atoms with Gasteiger partial charge in [-0.05, 0) is 36.2 Å². The van der Waals surface area contributed by atoms with Crippen LogP contribution >= 0.6 is 0 Å². The zero-order valence-corrected chi connectivity index (χ0v) is 11.6. The number of fused-ring (bicyclic) bond motifs is 1. The molecule has 1 aromatic carbocycles. The van der Waals surface area contributed by atoms with Gasteiger partial charge in [-0.25, -0.2) is 0 Å². The second kappa shape index (κ2) is 4.94. The van der Waals surface area contributed by atoms with Crippen molar-refractivity contribution in [2.75, 3.05) is 0 Å². The van der Waals surface area contributed by atoms with E-state index >= 15 is 0 Å². The van der Waals surface area contributed by atoms with E-state index in [2.05, 4.69) is 11.9 Å². The normalized spacial score (nSPS) is 10.9. The molecular weight excluding hydrogens is 266 g/mol. The van der Waals surface area contributed by atoms with Crippen molar-refractivity contribution in [2.24, 2.45) is 5.73 Å². The summed E-state index contributed by atoms with van der Waals surface area (Å²) in [6, 6.07) is 12.6. The van der Waals surface area contributed by atoms with Crippen molar-refractivity contribution in [3.8, 4) is 5.69 Å². The van der Waals surface area contributed by atoms with Crippen molar-refractivity contribution in [2.45, 2.75) is 13.3 Å². The van der Waals surface area contributed by atoms with Crippen molar-refractivity contribution in [1.29, 1.82) is 0 Å². The fourth-order valence-corrected chi connectivity index (χ4v) is 2.39. The number of H-pyrrole nitrogens is 1. The molecule has 3 N–H and O–H groups in total. The molecule has 106 valence electrons. The maximum atomic E-state index is 12.2. The molecule has 0 fully saturated rings. The van der Waals surface area contributed by atoms with Gasteiger partial charge in [-0.2, -0.15) is 0 Å². The van der Waals surface area contributed by atoms with Crippen LogP contribution in [0.15, 0.2) is 47.3 Å². The van der Waals surface area contributed by atoms with Gasteiger partial charge in [0.1, 0.15) is 11.3 Å². The summed E-state index contributed by atoms with van der Waals surface area (Å²) in [5, 5.41) is 0.767. The quantitative estimate of drug-likeness (QED) is 0.769. The molecular formula is C16H15N3O2. The number of carbonyl (C=O) groups is 1. The molecule has 0 aliphatic rings. The van der Waals surface area contributed by atoms with Crippen molar-refractivity contribution in [1.82, 2.24) is 9.55 Å². The Balaban J connectivity index is 2.26. The second-order valence-electron chi connectivity index (χ2n) is 4.88. The highest BCUT2D eigenvalue weighted by Gasteiger charge is 2.11. The minimum absolute atomic E-state index is 0.162. The summed E-state index contributed by atoms with van der Waals surface area (Å²) >= 11 is 0. The predicted octanol–water partition coefficient (Wildman–Crippen LogP) is 1.98. The van der Waals surface area contributed by atoms with Crippen LogP contribution in [0.5, 0.6) is 0 Å². The van der Waals surface area contributed by atoms with Crippen molar-refractivity contribution in [3.63, 3.8) is 0 Å². The summed E-state index contributed by atoms with van der Waals surface area (Å²) in [5.74, 6) is -0.550. The lowest BCUT2D eigenvalue weighted by molar-refractivity contribution is 0.0996. The molecule has 0 bridgehead atoms. The molecule has 2 heterocycles. The van der Waals surface area contributed by atoms with Crippen LogP contribution < -0.4 is 11.3 Å². The van der Waals surface area contributed by atoms with Crippen LogP contribution in [0.1, 0.15) is 23.0 Å². The van der Waals surface area contributed by atoms with Gasteiger partial charge >= 0.3 is 0 Å². The first-order chi connectivity index (χ1) is 10.1. The third kappa shape index (κ3) is 2.23. The molecule has 0 spiro atoms. The first-order valence-electron chi connectivity index (χ1n) is 6.74. The molecule has 5 nitrogen and oxygen atoms in total. The number of pyridine rings is 1. The number of amides is 1. The average molecular weight is 281 g/mol. The smallest absolute Gasteiger partial charge is 0.265 e. The lowest BCUT2D eigenvalue weighted by Crippen LogP contribution is -2.17. The summed E-state index contributed by atoms with van der Waals surface area (Å²) in [4.78, 5) is 26.4. The second-order valence-corrected chi connectivity index (χ2v) is 4.88. The van der Waals surface area contributed by atoms with Gasteiger partial charge in [0.15, 0.2) is 0 Å². The molecule has 3 rings (SSSR count). The first kappa shape index (κ1) is 13.2. The SMILES string of the molecule is CCc1ccc(-n2c(=O)ccc3cc(C(N)=O)[nH]c32)cc1. The molecule has 0 aliphatic heterocycles. The van der Waals surface area contributed by atoms with Gasteiger partial charge in [0, 0.05) is 11.5 Å². The van der Waals surface area contributed by atoms with E-state index in [0.717, 1.165) is 17.5 Å². The van der Waals surface area contributed by atoms with Gasteiger partial charge in [-0.3, -0.25) is 14.2 Å². The lowest BCUT2D eigenvalue weighted by Gasteiger charge is -2.08. The summed E-state index contributed by atoms with van der Waals surface area (Å²) in [5.41, 5.74) is 7.93. The van der Waals surface area contributed by atoms with E-state index in [1.54, 1.807) is 16.7 Å². The number of aromatic nitrogens is 2. The zero-order valence-electron chi connectivity index (χ0n) is 11.6. The molecule has 0 saturated heterocycles. The Kier molecular flexibility index (Phi) is 3.10. The number of benzene rings is 1. The molecule has 0 atom stereocenters. The third-order valence-electron chi connectivity index (χ3n) is 3.54. The van der Waals surface area contributed by atoms with Crippen molar-refractivity contribution < 1.29 is 4.79 Å². The van der Waals surface area contributed by atoms with Gasteiger partial charge in [-0.15, -0.1) is 0 Å². The highest BCUT2D eigenvalue weighted by molar-refractivity contribution is 5.96. The van der Waals surface area contributed by atoms with Gasteiger partial charge in [-0.1, -0.05) is 19.1 Å². The van der Waals surface area contributed by atoms with Crippen LogP contribution in [-0.2, 0) is 6.42 Å². The summed E-state index contributed by atoms with van der Waals surface area (Å²) in [6.07, 6.45) is 0.938. The minimum atomic E-state index is -0.550. The van der Waals surface area contributed by atoms with Crippen molar-refractivity contribution in [3.05, 3.63) is 64.1 Å². The monoisotopic (exact) mass is 281 g/mol. The third-order valence-corrected chi connectivity index (χ3v) is 3.54. The number of nitrogens with zero attached hydrogens (tertiary/aromatic N) is 1. The largest absolute Gasteiger partial charge is 0.364 e. The van der Waals surface area contributed by atoms with E-state index in [0.29, 0.717) is 5.65 Å². The van der Waals surface area contributed by atoms with Gasteiger partial charge in [0.25, 0.3) is 11.5 Å². The molecule has 21 heavy (non-hydrogen) atoms. The maximum absolute atomic E-state index is 12.2. The number of rotatable bonds is 3. The van der Waals surface area contributed by atoms with Crippen LogP contribution in [-0.4, -0.2) is 15.5 Å². The Morgan fingerprint density at radius 1 is 1.19 bits per heavy atom. The van der Waals surface area contributed by atoms with E-state index in [-0.39, 0.29) is 11.3 Å². The zero-order chi connectivity index (χ0) is 15.0. The number of hydrogen-bond acceptors (Lipinski definition) is 2. The molecule has 5 heteroatoms. The number of carbonyl (C=O) groups excluding carboxylic acids is 1. The number of nitrogens with one attached hydrogen (secondary N) is 1. The van der Waals surface area contributed by atoms with Crippen LogP contribution in [0.4, 0.5) is 0 Å². The fraction of sp³-hybridized carbons (Fsp3) is 0.125. The Labute approximate surface area is 121 Å². The Morgan fingerprint density at radius 3 is 2.52 bits per heavy atom. The summed E-state index contributed by atoms with van der Waals surface area (Å²) in [6.45, 7) is 2.08. The minimum Gasteiger partial charge on any atom is -0.364 e. The van der Waals surface area contributed by atoms with Crippen molar-refractivity contribution >= 4 is 16.9 Å². The summed E-state index contributed by atoms with van der Waals surface area (Å²) < 4.78 is 1.54. The molecule has 0 radical (unpaired) electrons. The Bertz CT molecular complexity index is 873. The highest BCUT2D eigenvalue weighted by atomic mass is 16.1. The van der Waals surface area contributed by atoms with Gasteiger partial charge in [0.2, 0.25) is 0 Å². The number of hydrogen-bond donors (Lipinski definition) is 2. The molecule has 0 saturated carbocycles. The highest BCUT2D eigenvalue weighted by Crippen LogP contribution is 2.17. The van der Waals surface area contributed by atoms with E-state index in [4.69, 9.17) is 5.73 Å². The first-order valence-corrected chi connectivity index (χ1v) is 6.74. The van der Waals surface area contributed by atoms with Gasteiger partial charge < -0.3 is 10.7 Å². The fourth-order valence-electron chi connectivity index (χ4n) is 2.39. The number of aryl methyl sites for hydroxylation is 1. The Morgan fingerprint density at radius 2 is 1.90 bits per heavy atom. The lowest BCUT2D eigenvalue weighted by atomic mass is 10.1. The topological polar surface area (TPSA) is 80.9 Å². The number of aromatic amines is 1. The molecule has 1 amide bonds. The van der Waals surface area contributed by atoms with Crippen LogP contribution in [0.3, 0.4) is 0 Å². The molecule has 0 aliphatic carbocycles. The van der Waals surface area contributed by atoms with E-state index in [1.807, 2.05) is 24.3 Å². The summed E-state index contributed by atoms with van der Waals surface area (Å²) in [7, 11) is 0. The number of primary amides is 1. The van der Waals surface area contributed by atoms with Crippen LogP contribution in [0.2, 0.25) is 0 Å². The average Bonchev–Trinajstić information content (AvgIpc) is 2.92. The maximum Gasteiger partial charge on any atom is 0.265 e. The molecule has 3 aromatic rings. The standard InChI is InChI=1S/C16H15N3O2/c1-2-10-3-6-12(7-4-10)19-14(20)8-5-11-9-13(15(17)21)18-16(11)19/h3-9,18H,2H2,1H3,(H2,17,21). The number of nitrogens with two attached hydrogens (primary N) is 1. The van der Waals surface area contributed by atoms with E-state index in [1.165, 1.54) is 11.6 Å². The van der Waals surface area contributed by atoms with Crippen LogP contribution in [0, 0.1) is 0 Å². The van der Waals surface area contributed by atoms with Gasteiger partial charge in [0.05, 0.1) is 5.69 Å².